The van der Waals surface area contributed by atoms with Crippen LogP contribution in [0.25, 0.3) is 10.2 Å². The molecule has 11 nitrogen and oxygen atoms in total. The number of hydrogen-bond donors (Lipinski definition) is 3. The first-order valence-electron chi connectivity index (χ1n) is 17.6. The van der Waals surface area contributed by atoms with Crippen LogP contribution in [-0.4, -0.2) is 71.0 Å². The Balaban J connectivity index is 1.17. The van der Waals surface area contributed by atoms with E-state index in [2.05, 4.69) is 20.3 Å². The molecule has 0 unspecified atom stereocenters. The number of carbonyl (C=O) groups excluding carboxylic acids is 3. The van der Waals surface area contributed by atoms with Crippen LogP contribution in [0.15, 0.2) is 60.7 Å². The predicted molar refractivity (Wildman–Crippen MR) is 192 cm³/mol. The van der Waals surface area contributed by atoms with Gasteiger partial charge in [-0.05, 0) is 75.6 Å². The largest absolute Gasteiger partial charge is 0.465 e. The molecule has 2 saturated carbocycles. The highest BCUT2D eigenvalue weighted by atomic mass is 32.2. The lowest BCUT2D eigenvalue weighted by Gasteiger charge is -2.30. The van der Waals surface area contributed by atoms with Crippen LogP contribution in [-0.2, 0) is 31.0 Å². The SMILES string of the molecule is Cc1ccc2nc(O[C@@H]3C[C@H]4C(=O)N[C@]5(C(=O)NS(=O)(=O)C6(C)CC6)C[C@H]5/C=C\CCCCC[C@H](NCc5ccccc5)C(=O)N4C3)sc2c1. The lowest BCUT2D eigenvalue weighted by molar-refractivity contribution is -0.141. The molecule has 3 amide bonds. The summed E-state index contributed by atoms with van der Waals surface area (Å²) < 4.78 is 34.9. The number of amides is 3. The van der Waals surface area contributed by atoms with Crippen molar-refractivity contribution in [1.29, 1.82) is 0 Å². The Bertz CT molecular complexity index is 1910. The molecule has 2 aromatic carbocycles. The van der Waals surface area contributed by atoms with Gasteiger partial charge in [-0.25, -0.2) is 13.4 Å². The Morgan fingerprint density at radius 2 is 1.92 bits per heavy atom. The van der Waals surface area contributed by atoms with Gasteiger partial charge in [0.05, 0.1) is 27.6 Å². The summed E-state index contributed by atoms with van der Waals surface area (Å²) >= 11 is 1.42. The van der Waals surface area contributed by atoms with E-state index in [1.807, 2.05) is 67.6 Å². The first-order chi connectivity index (χ1) is 24.0. The van der Waals surface area contributed by atoms with Gasteiger partial charge in [0.2, 0.25) is 21.8 Å². The van der Waals surface area contributed by atoms with Gasteiger partial charge in [-0.1, -0.05) is 72.7 Å². The highest BCUT2D eigenvalue weighted by Gasteiger charge is 2.63. The van der Waals surface area contributed by atoms with Gasteiger partial charge in [0.25, 0.3) is 11.1 Å². The number of rotatable bonds is 8. The maximum Gasteiger partial charge on any atom is 0.274 e. The van der Waals surface area contributed by atoms with E-state index in [1.54, 1.807) is 11.8 Å². The average molecular weight is 720 g/mol. The van der Waals surface area contributed by atoms with Gasteiger partial charge in [0.1, 0.15) is 17.7 Å². The van der Waals surface area contributed by atoms with Crippen molar-refractivity contribution in [3.63, 3.8) is 0 Å². The minimum atomic E-state index is -3.92. The summed E-state index contributed by atoms with van der Waals surface area (Å²) in [6.07, 6.45) is 8.90. The van der Waals surface area contributed by atoms with Crippen molar-refractivity contribution in [1.82, 2.24) is 25.2 Å². The molecular formula is C37H45N5O6S2. The Hall–Kier alpha value is -3.81. The molecule has 1 saturated heterocycles. The second-order valence-electron chi connectivity index (χ2n) is 14.6. The van der Waals surface area contributed by atoms with Gasteiger partial charge in [-0.2, -0.15) is 0 Å². The monoisotopic (exact) mass is 719 g/mol. The fourth-order valence-electron chi connectivity index (χ4n) is 7.04. The molecule has 2 aliphatic heterocycles. The number of fused-ring (bicyclic) bond motifs is 3. The standard InChI is InChI=1S/C37H45N5O6S2/c1-24-15-16-28-31(19-24)49-35(39-28)48-27-20-30-32(43)40-37(34(45)41-50(46,47)36(2)17-18-36)21-26(37)13-9-4-3-5-10-14-29(33(44)42(30)23-27)38-22-25-11-7-6-8-12-25/h6-9,11-13,15-16,19,26-27,29-30,38H,3-5,10,14,17-18,20-23H2,1-2H3,(H,40,43)(H,41,45)/b13-9-/t26-,27-,29+,30+,37-/m1/s1. The van der Waals surface area contributed by atoms with Crippen LogP contribution in [0.2, 0.25) is 0 Å². The number of nitrogens with one attached hydrogen (secondary N) is 3. The Morgan fingerprint density at radius 1 is 1.12 bits per heavy atom. The van der Waals surface area contributed by atoms with Gasteiger partial charge < -0.3 is 20.3 Å². The van der Waals surface area contributed by atoms with E-state index in [1.165, 1.54) is 11.3 Å². The third kappa shape index (κ3) is 7.17. The number of sulfonamides is 1. The van der Waals surface area contributed by atoms with E-state index in [9.17, 15) is 22.8 Å². The second-order valence-corrected chi connectivity index (χ2v) is 17.8. The molecule has 3 aromatic rings. The van der Waals surface area contributed by atoms with Crippen LogP contribution in [0.4, 0.5) is 0 Å². The molecule has 3 fully saturated rings. The fourth-order valence-corrected chi connectivity index (χ4v) is 9.33. The molecule has 266 valence electrons. The molecule has 13 heteroatoms. The van der Waals surface area contributed by atoms with Gasteiger partial charge in [-0.3, -0.25) is 19.1 Å². The molecule has 2 aliphatic carbocycles. The zero-order valence-corrected chi connectivity index (χ0v) is 30.2. The van der Waals surface area contributed by atoms with E-state index >= 15 is 0 Å². The van der Waals surface area contributed by atoms with Gasteiger partial charge in [0.15, 0.2) is 0 Å². The lowest BCUT2D eigenvalue weighted by atomic mass is 10.0. The number of thiazole rings is 1. The topological polar surface area (TPSA) is 147 Å². The quantitative estimate of drug-likeness (QED) is 0.289. The van der Waals surface area contributed by atoms with Crippen molar-refractivity contribution in [2.75, 3.05) is 6.54 Å². The van der Waals surface area contributed by atoms with Crippen molar-refractivity contribution < 1.29 is 27.5 Å². The predicted octanol–water partition coefficient (Wildman–Crippen LogP) is 4.51. The molecule has 1 aromatic heterocycles. The highest BCUT2D eigenvalue weighted by molar-refractivity contribution is 7.91. The number of nitrogens with zero attached hydrogens (tertiary/aromatic N) is 2. The van der Waals surface area contributed by atoms with E-state index in [0.29, 0.717) is 31.0 Å². The van der Waals surface area contributed by atoms with Gasteiger partial charge >= 0.3 is 0 Å². The van der Waals surface area contributed by atoms with Crippen molar-refractivity contribution in [2.24, 2.45) is 5.92 Å². The maximum absolute atomic E-state index is 14.5. The third-order valence-electron chi connectivity index (χ3n) is 10.7. The lowest BCUT2D eigenvalue weighted by Crippen LogP contribution is -2.58. The summed E-state index contributed by atoms with van der Waals surface area (Å²) in [5.74, 6) is -1.78. The van der Waals surface area contributed by atoms with Gasteiger partial charge in [0, 0.05) is 18.9 Å². The first-order valence-corrected chi connectivity index (χ1v) is 19.9. The van der Waals surface area contributed by atoms with Crippen molar-refractivity contribution >= 4 is 49.3 Å². The number of aromatic nitrogens is 1. The van der Waals surface area contributed by atoms with Gasteiger partial charge in [-0.15, -0.1) is 0 Å². The summed E-state index contributed by atoms with van der Waals surface area (Å²) in [6, 6.07) is 14.4. The number of benzene rings is 2. The number of carbonyl (C=O) groups is 3. The van der Waals surface area contributed by atoms with Crippen molar-refractivity contribution in [2.45, 2.75) is 107 Å². The zero-order chi connectivity index (χ0) is 35.1. The van der Waals surface area contributed by atoms with Crippen LogP contribution in [0.3, 0.4) is 0 Å². The summed E-state index contributed by atoms with van der Waals surface area (Å²) in [5, 5.41) is 6.89. The first kappa shape index (κ1) is 34.6. The number of allylic oxidation sites excluding steroid dienone is 1. The Morgan fingerprint density at radius 3 is 2.70 bits per heavy atom. The fraction of sp³-hybridized carbons (Fsp3) is 0.514. The highest BCUT2D eigenvalue weighted by Crippen LogP contribution is 2.47. The second kappa shape index (κ2) is 13.7. The molecule has 50 heavy (non-hydrogen) atoms. The summed E-state index contributed by atoms with van der Waals surface area (Å²) in [6.45, 7) is 4.30. The molecule has 0 radical (unpaired) electrons. The smallest absolute Gasteiger partial charge is 0.274 e. The minimum Gasteiger partial charge on any atom is -0.465 e. The van der Waals surface area contributed by atoms with Crippen LogP contribution in [0, 0.1) is 12.8 Å². The molecule has 7 rings (SSSR count). The van der Waals surface area contributed by atoms with Crippen LogP contribution in [0.5, 0.6) is 5.19 Å². The normalized spacial score (nSPS) is 28.8. The molecule has 3 heterocycles. The Kier molecular flexibility index (Phi) is 9.50. The summed E-state index contributed by atoms with van der Waals surface area (Å²) in [5.41, 5.74) is 1.56. The molecular weight excluding hydrogens is 675 g/mol. The molecule has 5 atom stereocenters. The number of aryl methyl sites for hydroxylation is 1. The van der Waals surface area contributed by atoms with Crippen molar-refractivity contribution in [3.05, 3.63) is 71.8 Å². The number of ether oxygens (including phenoxy) is 1. The molecule has 4 aliphatic rings. The molecule has 0 bridgehead atoms. The number of hydrogen-bond acceptors (Lipinski definition) is 9. The minimum absolute atomic E-state index is 0.171. The van der Waals surface area contributed by atoms with E-state index < -0.39 is 50.3 Å². The Labute approximate surface area is 297 Å². The molecule has 0 spiro atoms. The van der Waals surface area contributed by atoms with Crippen LogP contribution < -0.4 is 20.1 Å². The zero-order valence-electron chi connectivity index (χ0n) is 28.5. The third-order valence-corrected chi connectivity index (χ3v) is 13.7. The average Bonchev–Trinajstić information content (AvgIpc) is 3.90. The summed E-state index contributed by atoms with van der Waals surface area (Å²) in [7, 11) is -3.92. The van der Waals surface area contributed by atoms with Crippen molar-refractivity contribution in [3.8, 4) is 5.19 Å². The van der Waals surface area contributed by atoms with Crippen LogP contribution in [0.1, 0.15) is 75.8 Å². The summed E-state index contributed by atoms with van der Waals surface area (Å²) in [4.78, 5) is 48.8. The van der Waals surface area contributed by atoms with Crippen LogP contribution >= 0.6 is 11.3 Å². The molecule has 3 N–H and O–H groups in total. The van der Waals surface area contributed by atoms with E-state index in [0.717, 1.165) is 47.0 Å². The van der Waals surface area contributed by atoms with E-state index in [4.69, 9.17) is 4.74 Å². The maximum atomic E-state index is 14.5. The van der Waals surface area contributed by atoms with E-state index in [-0.39, 0.29) is 31.2 Å².